The van der Waals surface area contributed by atoms with Gasteiger partial charge < -0.3 is 9.13 Å². The van der Waals surface area contributed by atoms with E-state index in [1.165, 1.54) is 10.9 Å². The average Bonchev–Trinajstić information content (AvgIpc) is 3.48. The molecule has 0 saturated heterocycles. The first kappa shape index (κ1) is 24.0. The molecular formula is C35H25N4Si. The molecule has 5 heteroatoms. The van der Waals surface area contributed by atoms with Crippen molar-refractivity contribution in [1.29, 1.82) is 5.26 Å². The number of aromatic nitrogens is 2. The number of benzene rings is 5. The third kappa shape index (κ3) is 3.72. The first-order valence-electron chi connectivity index (χ1n) is 13.3. The number of hydrogen-bond donors (Lipinski definition) is 0. The van der Waals surface area contributed by atoms with Crippen LogP contribution < -0.4 is 0 Å². The van der Waals surface area contributed by atoms with Gasteiger partial charge in [-0.15, -0.1) is 0 Å². The molecule has 40 heavy (non-hydrogen) atoms. The van der Waals surface area contributed by atoms with E-state index in [4.69, 9.17) is 6.57 Å². The van der Waals surface area contributed by atoms with Crippen molar-refractivity contribution in [3.05, 3.63) is 126 Å². The normalized spacial score (nSPS) is 11.5. The number of hydrogen-bond acceptors (Lipinski definition) is 1. The van der Waals surface area contributed by atoms with Crippen LogP contribution in [0.5, 0.6) is 0 Å². The second kappa shape index (κ2) is 9.27. The number of nitrogens with zero attached hydrogens (tertiary/aromatic N) is 4. The van der Waals surface area contributed by atoms with Gasteiger partial charge in [0, 0.05) is 36.3 Å². The summed E-state index contributed by atoms with van der Waals surface area (Å²) in [5.41, 5.74) is 9.21. The lowest BCUT2D eigenvalue weighted by Crippen LogP contribution is -2.05. The maximum absolute atomic E-state index is 9.53. The van der Waals surface area contributed by atoms with Gasteiger partial charge in [-0.2, -0.15) is 5.26 Å². The number of fused-ring (bicyclic) bond motifs is 6. The highest BCUT2D eigenvalue weighted by Crippen LogP contribution is 2.37. The van der Waals surface area contributed by atoms with Gasteiger partial charge in [0.25, 0.3) is 0 Å². The minimum atomic E-state index is -0.411. The molecule has 0 bridgehead atoms. The van der Waals surface area contributed by atoms with Crippen LogP contribution >= 0.6 is 0 Å². The van der Waals surface area contributed by atoms with Gasteiger partial charge in [-0.05, 0) is 78.2 Å². The van der Waals surface area contributed by atoms with Gasteiger partial charge in [-0.3, -0.25) is 0 Å². The molecule has 0 aliphatic heterocycles. The second-order valence-electron chi connectivity index (χ2n) is 10.6. The summed E-state index contributed by atoms with van der Waals surface area (Å²) in [6.07, 6.45) is 0. The minimum absolute atomic E-state index is 0.411. The highest BCUT2D eigenvalue weighted by molar-refractivity contribution is 6.55. The maximum atomic E-state index is 9.53. The van der Waals surface area contributed by atoms with Crippen molar-refractivity contribution in [2.45, 2.75) is 19.1 Å². The molecule has 2 heterocycles. The summed E-state index contributed by atoms with van der Waals surface area (Å²) in [6, 6.07) is 39.2. The van der Waals surface area contributed by atoms with Crippen LogP contribution in [0.15, 0.2) is 103 Å². The van der Waals surface area contributed by atoms with Gasteiger partial charge >= 0.3 is 0 Å². The minimum Gasteiger partial charge on any atom is -0.309 e. The summed E-state index contributed by atoms with van der Waals surface area (Å²) in [7, 11) is -0.411. The van der Waals surface area contributed by atoms with E-state index < -0.39 is 8.80 Å². The molecular weight excluding hydrogens is 504 g/mol. The molecule has 0 amide bonds. The van der Waals surface area contributed by atoms with Crippen LogP contribution in [0.4, 0.5) is 5.69 Å². The van der Waals surface area contributed by atoms with E-state index in [1.807, 2.05) is 36.4 Å². The number of rotatable bonds is 4. The Morgan fingerprint density at radius 3 is 2.00 bits per heavy atom. The van der Waals surface area contributed by atoms with Gasteiger partial charge in [-0.25, -0.2) is 4.85 Å². The zero-order chi connectivity index (χ0) is 27.4. The molecule has 7 aromatic rings. The van der Waals surface area contributed by atoms with Crippen molar-refractivity contribution in [2.75, 3.05) is 0 Å². The Labute approximate surface area is 234 Å². The fraction of sp³-hybridized carbons (Fsp3) is 0.0857. The topological polar surface area (TPSA) is 38.0 Å². The zero-order valence-electron chi connectivity index (χ0n) is 22.3. The lowest BCUT2D eigenvalue weighted by atomic mass is 10.1. The predicted octanol–water partition coefficient (Wildman–Crippen LogP) is 9.14. The zero-order valence-corrected chi connectivity index (χ0v) is 23.3. The molecule has 189 valence electrons. The molecule has 0 unspecified atom stereocenters. The van der Waals surface area contributed by atoms with Crippen molar-refractivity contribution in [3.8, 4) is 17.4 Å². The van der Waals surface area contributed by atoms with Crippen molar-refractivity contribution in [2.24, 2.45) is 0 Å². The highest BCUT2D eigenvalue weighted by atomic mass is 28.3. The lowest BCUT2D eigenvalue weighted by molar-refractivity contribution is 1.13. The first-order valence-corrected chi connectivity index (χ1v) is 16.0. The van der Waals surface area contributed by atoms with Gasteiger partial charge in [0.05, 0.1) is 40.3 Å². The van der Waals surface area contributed by atoms with Gasteiger partial charge in [0.2, 0.25) is 0 Å². The van der Waals surface area contributed by atoms with Crippen LogP contribution in [0.3, 0.4) is 0 Å². The maximum Gasteiger partial charge on any atom is 0.188 e. The van der Waals surface area contributed by atoms with Crippen LogP contribution in [0.2, 0.25) is 13.1 Å². The van der Waals surface area contributed by atoms with E-state index >= 15 is 0 Å². The molecule has 1 radical (unpaired) electrons. The molecule has 0 saturated carbocycles. The summed E-state index contributed by atoms with van der Waals surface area (Å²) >= 11 is 0. The fourth-order valence-corrected chi connectivity index (χ4v) is 7.05. The summed E-state index contributed by atoms with van der Waals surface area (Å²) in [6.45, 7) is 12.3. The summed E-state index contributed by atoms with van der Waals surface area (Å²) in [4.78, 5) is 3.72. The summed E-state index contributed by atoms with van der Waals surface area (Å²) in [5.74, 6) is 0. The van der Waals surface area contributed by atoms with Gasteiger partial charge in [-0.1, -0.05) is 55.1 Å². The third-order valence-electron chi connectivity index (χ3n) is 7.65. The number of nitriles is 1. The van der Waals surface area contributed by atoms with Crippen LogP contribution in [0.25, 0.3) is 59.8 Å². The third-order valence-corrected chi connectivity index (χ3v) is 8.76. The molecule has 0 N–H and O–H groups in total. The Balaban J connectivity index is 1.50. The quantitative estimate of drug-likeness (QED) is 0.165. The standard InChI is InChI=1S/C35H25N4Si/c1-37-25-13-16-35-31(19-25)30-18-24(22-40(2)3)12-15-34(30)39(35)27-8-6-7-26(20-27)38-32-10-5-4-9-28(32)29-17-23(21-36)11-14-33(29)38/h4-20H,22H2,2-3H3. The molecule has 5 aromatic carbocycles. The fourth-order valence-electron chi connectivity index (χ4n) is 6.02. The molecule has 7 rings (SSSR count). The lowest BCUT2D eigenvalue weighted by Gasteiger charge is -2.13. The van der Waals surface area contributed by atoms with Crippen LogP contribution in [-0.4, -0.2) is 17.9 Å². The largest absolute Gasteiger partial charge is 0.309 e. The molecule has 4 nitrogen and oxygen atoms in total. The molecule has 2 aromatic heterocycles. The van der Waals surface area contributed by atoms with Gasteiger partial charge in [0.15, 0.2) is 5.69 Å². The molecule has 0 fully saturated rings. The molecule has 0 aliphatic rings. The Hall–Kier alpha value is -5.10. The van der Waals surface area contributed by atoms with Crippen molar-refractivity contribution < 1.29 is 0 Å². The highest BCUT2D eigenvalue weighted by Gasteiger charge is 2.17. The van der Waals surface area contributed by atoms with Crippen LogP contribution in [-0.2, 0) is 6.04 Å². The monoisotopic (exact) mass is 529 g/mol. The predicted molar refractivity (Wildman–Crippen MR) is 167 cm³/mol. The van der Waals surface area contributed by atoms with Crippen molar-refractivity contribution in [1.82, 2.24) is 9.13 Å². The molecule has 0 atom stereocenters. The Morgan fingerprint density at radius 2 is 1.30 bits per heavy atom. The van der Waals surface area contributed by atoms with Crippen molar-refractivity contribution in [3.63, 3.8) is 0 Å². The summed E-state index contributed by atoms with van der Waals surface area (Å²) < 4.78 is 4.60. The second-order valence-corrected chi connectivity index (χ2v) is 13.4. The van der Waals surface area contributed by atoms with Crippen molar-refractivity contribution >= 4 is 58.1 Å². The van der Waals surface area contributed by atoms with Crippen LogP contribution in [0.1, 0.15) is 11.1 Å². The number of para-hydroxylation sites is 1. The van der Waals surface area contributed by atoms with Gasteiger partial charge in [0.1, 0.15) is 0 Å². The van der Waals surface area contributed by atoms with E-state index in [2.05, 4.69) is 99.9 Å². The smallest absolute Gasteiger partial charge is 0.188 e. The van der Waals surface area contributed by atoms with E-state index in [-0.39, 0.29) is 0 Å². The van der Waals surface area contributed by atoms with E-state index in [0.717, 1.165) is 55.6 Å². The first-order chi connectivity index (χ1) is 19.6. The van der Waals surface area contributed by atoms with E-state index in [1.54, 1.807) is 0 Å². The van der Waals surface area contributed by atoms with Crippen LogP contribution in [0, 0.1) is 17.9 Å². The summed E-state index contributed by atoms with van der Waals surface area (Å²) in [5, 5.41) is 14.0. The molecule has 0 aliphatic carbocycles. The SMILES string of the molecule is [C-]#[N+]c1ccc2c(c1)c1cc(C[Si](C)C)ccc1n2-c1cccc(-n2c3ccccc3c3cc(C#N)ccc32)c1. The Morgan fingerprint density at radius 1 is 0.675 bits per heavy atom. The Bertz CT molecular complexity index is 2200. The van der Waals surface area contributed by atoms with E-state index in [0.29, 0.717) is 11.3 Å². The van der Waals surface area contributed by atoms with E-state index in [9.17, 15) is 5.26 Å². The molecule has 0 spiro atoms. The average molecular weight is 530 g/mol. The Kier molecular flexibility index (Phi) is 5.56.